The van der Waals surface area contributed by atoms with Gasteiger partial charge in [-0.2, -0.15) is 0 Å². The standard InChI is InChI=1S/C33H45Cl2N5O3.ClH/c1-37(2)27-13-18-40(23-27)33(42)36-30(21-25-9-10-26(34)22-29(25)35)32(41)39-16-11-24(12-17-39)28-7-3-4-8-31(28)43-20-19-38-14-5-6-15-38;/h3-4,7-10,22,24,27,30H,5-6,11-21,23H2,1-2H3,(H,36,42);1H/t27-,30+;/m0./s1. The van der Waals surface area contributed by atoms with Gasteiger partial charge in [0.25, 0.3) is 0 Å². The molecule has 8 nitrogen and oxygen atoms in total. The average Bonchev–Trinajstić information content (AvgIpc) is 3.71. The molecule has 2 aromatic rings. The van der Waals surface area contributed by atoms with Crippen LogP contribution in [0.1, 0.15) is 49.1 Å². The monoisotopic (exact) mass is 665 g/mol. The maximum atomic E-state index is 14.0. The highest BCUT2D eigenvalue weighted by Gasteiger charge is 2.34. The summed E-state index contributed by atoms with van der Waals surface area (Å²) in [6.07, 6.45) is 5.47. The highest BCUT2D eigenvalue weighted by molar-refractivity contribution is 6.35. The smallest absolute Gasteiger partial charge is 0.318 e. The molecule has 3 saturated heterocycles. The molecule has 0 unspecified atom stereocenters. The molecule has 0 aromatic heterocycles. The van der Waals surface area contributed by atoms with Crippen LogP contribution in [0.4, 0.5) is 4.79 Å². The van der Waals surface area contributed by atoms with Crippen molar-refractivity contribution in [2.45, 2.75) is 56.5 Å². The van der Waals surface area contributed by atoms with Gasteiger partial charge in [0.15, 0.2) is 0 Å². The normalized spacial score (nSPS) is 20.1. The number of halogens is 3. The highest BCUT2D eigenvalue weighted by atomic mass is 35.5. The molecule has 0 spiro atoms. The number of benzene rings is 2. The van der Waals surface area contributed by atoms with Gasteiger partial charge >= 0.3 is 6.03 Å². The van der Waals surface area contributed by atoms with Gasteiger partial charge in [-0.1, -0.05) is 47.5 Å². The van der Waals surface area contributed by atoms with Gasteiger partial charge in [0.2, 0.25) is 5.91 Å². The molecular weight excluding hydrogens is 621 g/mol. The second-order valence-corrected chi connectivity index (χ2v) is 13.2. The number of nitrogens with zero attached hydrogens (tertiary/aromatic N) is 4. The van der Waals surface area contributed by atoms with Crippen LogP contribution in [0.15, 0.2) is 42.5 Å². The quantitative estimate of drug-likeness (QED) is 0.360. The molecule has 3 fully saturated rings. The van der Waals surface area contributed by atoms with Crippen LogP contribution in [0.2, 0.25) is 10.0 Å². The van der Waals surface area contributed by atoms with E-state index in [0.717, 1.165) is 50.2 Å². The molecule has 0 bridgehead atoms. The fraction of sp³-hybridized carbons (Fsp3) is 0.576. The van der Waals surface area contributed by atoms with E-state index in [1.807, 2.05) is 31.1 Å². The van der Waals surface area contributed by atoms with Gasteiger partial charge in [-0.15, -0.1) is 12.4 Å². The van der Waals surface area contributed by atoms with Crippen molar-refractivity contribution in [1.82, 2.24) is 24.9 Å². The lowest BCUT2D eigenvalue weighted by Gasteiger charge is -2.35. The summed E-state index contributed by atoms with van der Waals surface area (Å²) >= 11 is 12.6. The van der Waals surface area contributed by atoms with E-state index in [2.05, 4.69) is 33.3 Å². The van der Waals surface area contributed by atoms with E-state index in [0.29, 0.717) is 61.2 Å². The molecule has 1 N–H and O–H groups in total. The zero-order valence-corrected chi connectivity index (χ0v) is 28.2. The molecule has 2 atom stereocenters. The van der Waals surface area contributed by atoms with Crippen LogP contribution in [0, 0.1) is 0 Å². The van der Waals surface area contributed by atoms with Crippen LogP contribution < -0.4 is 10.1 Å². The summed E-state index contributed by atoms with van der Waals surface area (Å²) in [7, 11) is 4.06. The van der Waals surface area contributed by atoms with Crippen LogP contribution in [0.5, 0.6) is 5.75 Å². The number of hydrogen-bond acceptors (Lipinski definition) is 5. The lowest BCUT2D eigenvalue weighted by Crippen LogP contribution is -2.54. The van der Waals surface area contributed by atoms with Crippen LogP contribution in [-0.2, 0) is 11.2 Å². The molecule has 0 aliphatic carbocycles. The number of amides is 3. The second-order valence-electron chi connectivity index (χ2n) is 12.3. The Balaban J connectivity index is 0.00000442. The molecule has 3 heterocycles. The summed E-state index contributed by atoms with van der Waals surface area (Å²) in [4.78, 5) is 35.6. The van der Waals surface area contributed by atoms with E-state index in [1.54, 1.807) is 17.0 Å². The minimum absolute atomic E-state index is 0. The Kier molecular flexibility index (Phi) is 12.9. The molecule has 3 aliphatic rings. The lowest BCUT2D eigenvalue weighted by atomic mass is 9.88. The summed E-state index contributed by atoms with van der Waals surface area (Å²) in [5, 5.41) is 4.10. The van der Waals surface area contributed by atoms with Crippen LogP contribution in [0.3, 0.4) is 0 Å². The van der Waals surface area contributed by atoms with E-state index in [9.17, 15) is 9.59 Å². The summed E-state index contributed by atoms with van der Waals surface area (Å²) in [6, 6.07) is 13.0. The predicted molar refractivity (Wildman–Crippen MR) is 180 cm³/mol. The first-order valence-corrected chi connectivity index (χ1v) is 16.4. The highest BCUT2D eigenvalue weighted by Crippen LogP contribution is 2.34. The molecule has 11 heteroatoms. The molecule has 5 rings (SSSR count). The van der Waals surface area contributed by atoms with Gasteiger partial charge in [0.1, 0.15) is 18.4 Å². The molecule has 3 aliphatic heterocycles. The van der Waals surface area contributed by atoms with E-state index in [-0.39, 0.29) is 24.3 Å². The maximum absolute atomic E-state index is 14.0. The molecule has 44 heavy (non-hydrogen) atoms. The minimum atomic E-state index is -0.720. The van der Waals surface area contributed by atoms with Gasteiger partial charge in [-0.25, -0.2) is 4.79 Å². The van der Waals surface area contributed by atoms with Gasteiger partial charge in [-0.3, -0.25) is 9.69 Å². The van der Waals surface area contributed by atoms with Crippen molar-refractivity contribution in [2.24, 2.45) is 0 Å². The summed E-state index contributed by atoms with van der Waals surface area (Å²) in [6.45, 7) is 6.54. The van der Waals surface area contributed by atoms with Crippen molar-refractivity contribution in [2.75, 3.05) is 66.5 Å². The molecule has 242 valence electrons. The van der Waals surface area contributed by atoms with Crippen molar-refractivity contribution >= 4 is 47.5 Å². The lowest BCUT2D eigenvalue weighted by molar-refractivity contribution is -0.134. The number of rotatable bonds is 10. The number of carbonyl (C=O) groups excluding carboxylic acids is 2. The summed E-state index contributed by atoms with van der Waals surface area (Å²) in [5.41, 5.74) is 2.01. The number of likely N-dealkylation sites (tertiary alicyclic amines) is 3. The van der Waals surface area contributed by atoms with E-state index >= 15 is 0 Å². The Bertz CT molecular complexity index is 1250. The number of carbonyl (C=O) groups is 2. The zero-order chi connectivity index (χ0) is 30.3. The number of likely N-dealkylation sites (N-methyl/N-ethyl adjacent to an activating group) is 1. The van der Waals surface area contributed by atoms with E-state index in [1.165, 1.54) is 18.4 Å². The maximum Gasteiger partial charge on any atom is 0.318 e. The molecule has 0 saturated carbocycles. The Morgan fingerprint density at radius 2 is 1.68 bits per heavy atom. The fourth-order valence-corrected chi connectivity index (χ4v) is 7.05. The first-order valence-electron chi connectivity index (χ1n) is 15.7. The third kappa shape index (κ3) is 8.94. The number of urea groups is 1. The van der Waals surface area contributed by atoms with Crippen LogP contribution >= 0.6 is 35.6 Å². The number of para-hydroxylation sites is 1. The Hall–Kier alpha value is -2.23. The minimum Gasteiger partial charge on any atom is -0.492 e. The van der Waals surface area contributed by atoms with Crippen molar-refractivity contribution in [3.63, 3.8) is 0 Å². The first kappa shape index (κ1) is 34.6. The Morgan fingerprint density at radius 3 is 2.36 bits per heavy atom. The van der Waals surface area contributed by atoms with E-state index < -0.39 is 6.04 Å². The Labute approximate surface area is 278 Å². The molecule has 3 amide bonds. The topological polar surface area (TPSA) is 68.4 Å². The zero-order valence-electron chi connectivity index (χ0n) is 25.9. The van der Waals surface area contributed by atoms with Gasteiger partial charge in [-0.05, 0) is 94.5 Å². The number of hydrogen-bond donors (Lipinski definition) is 1. The van der Waals surface area contributed by atoms with Crippen molar-refractivity contribution in [3.8, 4) is 5.75 Å². The number of nitrogens with one attached hydrogen (secondary N) is 1. The van der Waals surface area contributed by atoms with Gasteiger partial charge in [0, 0.05) is 55.2 Å². The summed E-state index contributed by atoms with van der Waals surface area (Å²) < 4.78 is 6.27. The first-order chi connectivity index (χ1) is 20.8. The van der Waals surface area contributed by atoms with Gasteiger partial charge in [0.05, 0.1) is 0 Å². The average molecular weight is 667 g/mol. The van der Waals surface area contributed by atoms with Crippen LogP contribution in [0.25, 0.3) is 0 Å². The summed E-state index contributed by atoms with van der Waals surface area (Å²) in [5.74, 6) is 1.20. The van der Waals surface area contributed by atoms with Crippen molar-refractivity contribution < 1.29 is 14.3 Å². The predicted octanol–water partition coefficient (Wildman–Crippen LogP) is 5.55. The third-order valence-corrected chi connectivity index (χ3v) is 9.83. The third-order valence-electron chi connectivity index (χ3n) is 9.25. The van der Waals surface area contributed by atoms with Gasteiger partial charge < -0.3 is 24.8 Å². The number of ether oxygens (including phenoxy) is 1. The van der Waals surface area contributed by atoms with Crippen LogP contribution in [-0.4, -0.2) is 110 Å². The second kappa shape index (κ2) is 16.4. The Morgan fingerprint density at radius 1 is 0.977 bits per heavy atom. The number of piperidine rings is 1. The molecule has 0 radical (unpaired) electrons. The molecule has 2 aromatic carbocycles. The molecular formula is C33H46Cl3N5O3. The van der Waals surface area contributed by atoms with E-state index in [4.69, 9.17) is 27.9 Å². The van der Waals surface area contributed by atoms with Crippen molar-refractivity contribution in [1.29, 1.82) is 0 Å². The fourth-order valence-electron chi connectivity index (χ4n) is 6.57. The SMILES string of the molecule is CN(C)[C@H]1CCN(C(=O)N[C@H](Cc2ccc(Cl)cc2Cl)C(=O)N2CCC(c3ccccc3OCCN3CCCC3)CC2)C1.Cl. The largest absolute Gasteiger partial charge is 0.492 e. The van der Waals surface area contributed by atoms with Crippen molar-refractivity contribution in [3.05, 3.63) is 63.6 Å².